The maximum absolute atomic E-state index is 13.3. The number of hydrogen-bond donors (Lipinski definition) is 1. The summed E-state index contributed by atoms with van der Waals surface area (Å²) in [6.45, 7) is 14.0. The Bertz CT molecular complexity index is 891. The lowest BCUT2D eigenvalue weighted by Crippen LogP contribution is -2.54. The van der Waals surface area contributed by atoms with Gasteiger partial charge in [-0.25, -0.2) is 0 Å². The molecule has 2 aliphatic carbocycles. The average Bonchev–Trinajstić information content (AvgIpc) is 3.43. The van der Waals surface area contributed by atoms with Gasteiger partial charge in [0.25, 0.3) is 0 Å². The second-order valence-electron chi connectivity index (χ2n) is 8.21. The Morgan fingerprint density at radius 2 is 2.21 bits per heavy atom. The molecule has 2 fully saturated rings. The van der Waals surface area contributed by atoms with Crippen LogP contribution in [0.25, 0.3) is 12.2 Å². The largest absolute Gasteiger partial charge is 0.377 e. The average molecular weight is 393 g/mol. The summed E-state index contributed by atoms with van der Waals surface area (Å²) in [6.07, 6.45) is 10.3. The van der Waals surface area contributed by atoms with Crippen LogP contribution in [0.2, 0.25) is 0 Å². The van der Waals surface area contributed by atoms with Gasteiger partial charge in [-0.3, -0.25) is 4.79 Å². The minimum absolute atomic E-state index is 0. The van der Waals surface area contributed by atoms with Gasteiger partial charge in [0.2, 0.25) is 5.91 Å². The number of ether oxygens (including phenoxy) is 1. The van der Waals surface area contributed by atoms with Crippen LogP contribution in [-0.2, 0) is 9.53 Å². The van der Waals surface area contributed by atoms with Crippen LogP contribution in [-0.4, -0.2) is 36.6 Å². The molecule has 1 aliphatic heterocycles. The number of rotatable bonds is 6. The first-order valence-electron chi connectivity index (χ1n) is 10.5. The molecular formula is C25H32N2O2. The van der Waals surface area contributed by atoms with Gasteiger partial charge in [0, 0.05) is 19.6 Å². The zero-order valence-corrected chi connectivity index (χ0v) is 17.3. The van der Waals surface area contributed by atoms with Crippen LogP contribution < -0.4 is 5.32 Å². The summed E-state index contributed by atoms with van der Waals surface area (Å²) >= 11 is 0. The van der Waals surface area contributed by atoms with Crippen molar-refractivity contribution >= 4 is 18.1 Å². The van der Waals surface area contributed by atoms with Crippen LogP contribution in [0.1, 0.15) is 38.0 Å². The fourth-order valence-corrected chi connectivity index (χ4v) is 4.85. The molecule has 1 saturated heterocycles. The van der Waals surface area contributed by atoms with E-state index < -0.39 is 0 Å². The van der Waals surface area contributed by atoms with Crippen molar-refractivity contribution in [3.05, 3.63) is 72.0 Å². The van der Waals surface area contributed by atoms with E-state index >= 15 is 0 Å². The predicted octanol–water partition coefficient (Wildman–Crippen LogP) is 4.43. The second kappa shape index (κ2) is 8.03. The van der Waals surface area contributed by atoms with Crippen LogP contribution in [0.4, 0.5) is 0 Å². The van der Waals surface area contributed by atoms with Crippen LogP contribution in [0.5, 0.6) is 0 Å². The van der Waals surface area contributed by atoms with Gasteiger partial charge < -0.3 is 15.0 Å². The molecule has 4 rings (SSSR count). The lowest BCUT2D eigenvalue weighted by atomic mass is 9.96. The first kappa shape index (κ1) is 19.7. The third-order valence-corrected chi connectivity index (χ3v) is 6.57. The molecule has 29 heavy (non-hydrogen) atoms. The molecule has 154 valence electrons. The number of amides is 1. The van der Waals surface area contributed by atoms with E-state index in [1.807, 2.05) is 37.3 Å². The van der Waals surface area contributed by atoms with E-state index in [0.717, 1.165) is 23.2 Å². The van der Waals surface area contributed by atoms with E-state index in [9.17, 15) is 4.79 Å². The van der Waals surface area contributed by atoms with E-state index in [1.165, 1.54) is 5.70 Å². The van der Waals surface area contributed by atoms with Crippen molar-refractivity contribution in [2.75, 3.05) is 19.8 Å². The zero-order valence-electron chi connectivity index (χ0n) is 17.3. The summed E-state index contributed by atoms with van der Waals surface area (Å²) in [5.74, 6) is 1.83. The van der Waals surface area contributed by atoms with Crippen molar-refractivity contribution < 1.29 is 11.0 Å². The minimum Gasteiger partial charge on any atom is -0.377 e. The normalized spacial score (nSPS) is 28.8. The zero-order chi connectivity index (χ0) is 20.5. The molecule has 1 amide bonds. The predicted molar refractivity (Wildman–Crippen MR) is 120 cm³/mol. The molecule has 1 aromatic carbocycles. The molecule has 4 unspecified atom stereocenters. The number of nitrogens with zero attached hydrogens (tertiary/aromatic N) is 1. The van der Waals surface area contributed by atoms with Gasteiger partial charge in [-0.2, -0.15) is 0 Å². The maximum atomic E-state index is 13.3. The Kier molecular flexibility index (Phi) is 5.46. The number of carbonyl (C=O) groups excluding carboxylic acids is 1. The van der Waals surface area contributed by atoms with Gasteiger partial charge in [0.15, 0.2) is 0 Å². The summed E-state index contributed by atoms with van der Waals surface area (Å²) in [5.41, 5.74) is 4.38. The molecule has 0 radical (unpaired) electrons. The lowest BCUT2D eigenvalue weighted by molar-refractivity contribution is -0.131. The molecule has 4 nitrogen and oxygen atoms in total. The van der Waals surface area contributed by atoms with Crippen LogP contribution >= 0.6 is 0 Å². The van der Waals surface area contributed by atoms with Gasteiger partial charge in [-0.1, -0.05) is 62.6 Å². The molecule has 1 N–H and O–H groups in total. The molecule has 3 aliphatic rings. The molecule has 0 spiro atoms. The highest BCUT2D eigenvalue weighted by molar-refractivity contribution is 5.83. The topological polar surface area (TPSA) is 41.6 Å². The monoisotopic (exact) mass is 392 g/mol. The van der Waals surface area contributed by atoms with Crippen molar-refractivity contribution in [1.29, 1.82) is 0 Å². The number of hydrogen-bond acceptors (Lipinski definition) is 3. The van der Waals surface area contributed by atoms with Gasteiger partial charge in [0.05, 0.1) is 19.3 Å². The molecule has 0 aromatic heterocycles. The quantitative estimate of drug-likeness (QED) is 0.779. The number of nitrogens with one attached hydrogen (secondary N) is 1. The fourth-order valence-electron chi connectivity index (χ4n) is 4.85. The first-order valence-corrected chi connectivity index (χ1v) is 10.5. The highest BCUT2D eigenvalue weighted by Gasteiger charge is 2.51. The Balaban J connectivity index is 0.00000256. The van der Waals surface area contributed by atoms with Gasteiger partial charge in [-0.15, -0.1) is 0 Å². The van der Waals surface area contributed by atoms with E-state index in [-0.39, 0.29) is 19.4 Å². The van der Waals surface area contributed by atoms with Gasteiger partial charge >= 0.3 is 0 Å². The summed E-state index contributed by atoms with van der Waals surface area (Å²) in [7, 11) is 0. The fraction of sp³-hybridized carbons (Fsp3) is 0.400. The smallest absolute Gasteiger partial charge is 0.245 e. The van der Waals surface area contributed by atoms with Crippen LogP contribution in [0.3, 0.4) is 0 Å². The Labute approximate surface area is 175 Å². The standard InChI is InChI=1S/C25H30N2O2.H2/c1-5-18-9-7-11-21(19(18)6-2)17(4)26-25(28)23-15-29-14-13-27(23)22-12-8-10-20-16(3)24(20)22;/h5-12,16-17,20,23-24H,1-2,13-15H2,3-4H3,(H,26,28);1H/t16?,17-,20?,23?,24?;/m1./s1. The maximum Gasteiger partial charge on any atom is 0.245 e. The van der Waals surface area contributed by atoms with Crippen molar-refractivity contribution in [2.45, 2.75) is 25.9 Å². The third-order valence-electron chi connectivity index (χ3n) is 6.57. The highest BCUT2D eigenvalue weighted by atomic mass is 16.5. The molecule has 0 bridgehead atoms. The number of allylic oxidation sites excluding steroid dienone is 4. The summed E-state index contributed by atoms with van der Waals surface area (Å²) in [6, 6.07) is 5.61. The Morgan fingerprint density at radius 3 is 2.97 bits per heavy atom. The summed E-state index contributed by atoms with van der Waals surface area (Å²) in [5, 5.41) is 3.21. The molecule has 1 saturated carbocycles. The molecular weight excluding hydrogens is 360 g/mol. The van der Waals surface area contributed by atoms with E-state index in [2.05, 4.69) is 48.5 Å². The van der Waals surface area contributed by atoms with Crippen LogP contribution in [0.15, 0.2) is 55.3 Å². The SMILES string of the molecule is C=Cc1cccc([C@@H](C)NC(=O)C2COCCN2C2=CC=CC3C(C)C23)c1C=C.[HH]. The Hall–Kier alpha value is -2.59. The minimum atomic E-state index is -0.299. The number of benzene rings is 1. The van der Waals surface area contributed by atoms with Gasteiger partial charge in [0.1, 0.15) is 6.04 Å². The molecule has 1 aromatic rings. The highest BCUT2D eigenvalue weighted by Crippen LogP contribution is 2.54. The number of carbonyl (C=O) groups is 1. The summed E-state index contributed by atoms with van der Waals surface area (Å²) < 4.78 is 5.69. The molecule has 4 heteroatoms. The summed E-state index contributed by atoms with van der Waals surface area (Å²) in [4.78, 5) is 15.5. The number of morpholine rings is 1. The Morgan fingerprint density at radius 1 is 1.38 bits per heavy atom. The van der Waals surface area contributed by atoms with Crippen molar-refractivity contribution in [3.8, 4) is 0 Å². The lowest BCUT2D eigenvalue weighted by Gasteiger charge is -2.39. The van der Waals surface area contributed by atoms with Gasteiger partial charge in [-0.05, 0) is 41.5 Å². The third kappa shape index (κ3) is 3.58. The van der Waals surface area contributed by atoms with Crippen LogP contribution in [0, 0.1) is 17.8 Å². The van der Waals surface area contributed by atoms with E-state index in [0.29, 0.717) is 31.0 Å². The first-order chi connectivity index (χ1) is 14.1. The van der Waals surface area contributed by atoms with Crippen molar-refractivity contribution in [2.24, 2.45) is 17.8 Å². The van der Waals surface area contributed by atoms with Crippen molar-refractivity contribution in [1.82, 2.24) is 10.2 Å². The second-order valence-corrected chi connectivity index (χ2v) is 8.21. The number of fused-ring (bicyclic) bond motifs is 1. The molecule has 1 heterocycles. The van der Waals surface area contributed by atoms with E-state index in [1.54, 1.807) is 0 Å². The van der Waals surface area contributed by atoms with E-state index in [4.69, 9.17) is 4.74 Å². The van der Waals surface area contributed by atoms with Crippen molar-refractivity contribution in [3.63, 3.8) is 0 Å². The molecule has 5 atom stereocenters.